The van der Waals surface area contributed by atoms with Gasteiger partial charge in [0.1, 0.15) is 17.8 Å². The summed E-state index contributed by atoms with van der Waals surface area (Å²) in [7, 11) is -4.42. The van der Waals surface area contributed by atoms with Gasteiger partial charge < -0.3 is 28.9 Å². The molecular formula is C19H37O9P. The van der Waals surface area contributed by atoms with E-state index in [0.717, 1.165) is 0 Å². The van der Waals surface area contributed by atoms with Crippen molar-refractivity contribution < 1.29 is 42.6 Å². The Kier molecular flexibility index (Phi) is 9.10. The molecule has 4 unspecified atom stereocenters. The quantitative estimate of drug-likeness (QED) is 0.468. The van der Waals surface area contributed by atoms with Crippen LogP contribution in [0.15, 0.2) is 0 Å². The summed E-state index contributed by atoms with van der Waals surface area (Å²) in [5.74, 6) is 0. The Labute approximate surface area is 173 Å². The first-order chi connectivity index (χ1) is 13.5. The average molecular weight is 440 g/mol. The fraction of sp³-hybridized carbons (Fsp3) is 1.00. The molecule has 29 heavy (non-hydrogen) atoms. The summed E-state index contributed by atoms with van der Waals surface area (Å²) < 4.78 is 46.3. The van der Waals surface area contributed by atoms with Crippen LogP contribution in [0.1, 0.15) is 54.4 Å². The molecular weight excluding hydrogens is 403 g/mol. The number of aliphatic hydroxyl groups excluding tert-OH is 1. The van der Waals surface area contributed by atoms with E-state index in [1.54, 1.807) is 0 Å². The molecule has 10 heteroatoms. The number of aliphatic hydroxyl groups is 1. The molecule has 2 fully saturated rings. The van der Waals surface area contributed by atoms with Crippen LogP contribution in [-0.4, -0.2) is 78.1 Å². The van der Waals surface area contributed by atoms with E-state index in [4.69, 9.17) is 28.0 Å². The Morgan fingerprint density at radius 2 is 1.83 bits per heavy atom. The second-order valence-corrected chi connectivity index (χ2v) is 9.96. The van der Waals surface area contributed by atoms with Crippen molar-refractivity contribution in [2.45, 2.75) is 103 Å². The predicted molar refractivity (Wildman–Crippen MR) is 106 cm³/mol. The molecule has 9 nitrogen and oxygen atoms in total. The lowest BCUT2D eigenvalue weighted by Gasteiger charge is -2.33. The summed E-state index contributed by atoms with van der Waals surface area (Å²) in [6.07, 6.45) is -0.840. The van der Waals surface area contributed by atoms with Gasteiger partial charge in [-0.05, 0) is 41.5 Å². The van der Waals surface area contributed by atoms with E-state index < -0.39 is 32.2 Å². The summed E-state index contributed by atoms with van der Waals surface area (Å²) >= 11 is 0. The highest BCUT2D eigenvalue weighted by Crippen LogP contribution is 2.50. The van der Waals surface area contributed by atoms with Crippen LogP contribution < -0.4 is 0 Å². The topological polar surface area (TPSA) is 113 Å². The summed E-state index contributed by atoms with van der Waals surface area (Å²) in [6, 6.07) is 0. The van der Waals surface area contributed by atoms with Crippen LogP contribution >= 0.6 is 7.82 Å². The highest BCUT2D eigenvalue weighted by Gasteiger charge is 2.51. The van der Waals surface area contributed by atoms with E-state index in [1.807, 2.05) is 41.5 Å². The van der Waals surface area contributed by atoms with Crippen molar-refractivity contribution in [3.05, 3.63) is 0 Å². The first-order valence-electron chi connectivity index (χ1n) is 10.3. The average Bonchev–Trinajstić information content (AvgIpc) is 3.09. The van der Waals surface area contributed by atoms with Crippen molar-refractivity contribution in [1.82, 2.24) is 0 Å². The molecule has 0 radical (unpaired) electrons. The van der Waals surface area contributed by atoms with Crippen LogP contribution in [0, 0.1) is 0 Å². The molecule has 2 N–H and O–H groups in total. The lowest BCUT2D eigenvalue weighted by Crippen LogP contribution is -2.49. The van der Waals surface area contributed by atoms with Gasteiger partial charge in [-0.3, -0.25) is 9.05 Å². The maximum absolute atomic E-state index is 12.6. The minimum absolute atomic E-state index is 0.0110. The molecule has 172 valence electrons. The Balaban J connectivity index is 1.98. The number of hydrogen-bond acceptors (Lipinski definition) is 8. The zero-order valence-electron chi connectivity index (χ0n) is 18.3. The summed E-state index contributed by atoms with van der Waals surface area (Å²) in [4.78, 5) is 10.3. The van der Waals surface area contributed by atoms with Crippen molar-refractivity contribution in [1.29, 1.82) is 0 Å². The number of hydrogen-bond donors (Lipinski definition) is 2. The van der Waals surface area contributed by atoms with Gasteiger partial charge in [0.15, 0.2) is 0 Å². The Bertz CT molecular complexity index is 558. The molecule has 0 aromatic heterocycles. The standard InChI is InChI=1S/C19H37O9P/c1-12(2)23-11-19(10-20)18(8-15(6)27-19)28-29(21,22)24-9-17-16(25-13(3)4)7-14(5)26-17/h12-18,20H,7-11H2,1-6H3,(H,21,22)/t14-,15-,16?,17?,18?,19+/m0/s1. The number of ether oxygens (including phenoxy) is 4. The van der Waals surface area contributed by atoms with Crippen LogP contribution in [0.2, 0.25) is 0 Å². The van der Waals surface area contributed by atoms with Crippen molar-refractivity contribution in [2.24, 2.45) is 0 Å². The molecule has 2 heterocycles. The summed E-state index contributed by atoms with van der Waals surface area (Å²) in [6.45, 7) is 10.8. The molecule has 0 spiro atoms. The van der Waals surface area contributed by atoms with Crippen LogP contribution in [0.5, 0.6) is 0 Å². The fourth-order valence-corrected chi connectivity index (χ4v) is 4.71. The number of rotatable bonds is 11. The van der Waals surface area contributed by atoms with Gasteiger partial charge >= 0.3 is 7.82 Å². The summed E-state index contributed by atoms with van der Waals surface area (Å²) in [5.41, 5.74) is -1.22. The van der Waals surface area contributed by atoms with Crippen molar-refractivity contribution >= 4 is 7.82 Å². The van der Waals surface area contributed by atoms with E-state index in [0.29, 0.717) is 12.8 Å². The van der Waals surface area contributed by atoms with Crippen LogP contribution in [-0.2, 0) is 32.6 Å². The third-order valence-corrected chi connectivity index (χ3v) is 5.99. The lowest BCUT2D eigenvalue weighted by atomic mass is 9.98. The largest absolute Gasteiger partial charge is 0.472 e. The zero-order valence-corrected chi connectivity index (χ0v) is 19.2. The first-order valence-corrected chi connectivity index (χ1v) is 11.8. The maximum Gasteiger partial charge on any atom is 0.472 e. The first kappa shape index (κ1) is 25.2. The lowest BCUT2D eigenvalue weighted by molar-refractivity contribution is -0.151. The fourth-order valence-electron chi connectivity index (χ4n) is 3.72. The van der Waals surface area contributed by atoms with Crippen molar-refractivity contribution in [3.63, 3.8) is 0 Å². The minimum atomic E-state index is -4.42. The second kappa shape index (κ2) is 10.5. The van der Waals surface area contributed by atoms with E-state index in [1.165, 1.54) is 0 Å². The van der Waals surface area contributed by atoms with Gasteiger partial charge in [-0.1, -0.05) is 0 Å². The maximum atomic E-state index is 12.6. The SMILES string of the molecule is CC(C)OC[C@@]1(CO)O[C@@H](C)CC1OP(=O)(O)OCC1O[C@@H](C)CC1OC(C)C. The van der Waals surface area contributed by atoms with Crippen LogP contribution in [0.3, 0.4) is 0 Å². The molecule has 0 aliphatic carbocycles. The zero-order chi connectivity index (χ0) is 21.8. The molecule has 0 bridgehead atoms. The molecule has 2 aliphatic heterocycles. The van der Waals surface area contributed by atoms with Gasteiger partial charge in [0.05, 0.1) is 50.3 Å². The number of phosphoric ester groups is 1. The molecule has 7 atom stereocenters. The van der Waals surface area contributed by atoms with Gasteiger partial charge in [-0.15, -0.1) is 0 Å². The van der Waals surface area contributed by atoms with E-state index in [-0.39, 0.29) is 43.7 Å². The highest BCUT2D eigenvalue weighted by molar-refractivity contribution is 7.47. The predicted octanol–water partition coefficient (Wildman–Crippen LogP) is 2.42. The smallest absolute Gasteiger partial charge is 0.393 e. The Morgan fingerprint density at radius 1 is 1.14 bits per heavy atom. The van der Waals surface area contributed by atoms with Gasteiger partial charge in [0.2, 0.25) is 0 Å². The summed E-state index contributed by atoms with van der Waals surface area (Å²) in [5, 5.41) is 9.93. The monoisotopic (exact) mass is 440 g/mol. The second-order valence-electron chi connectivity index (χ2n) is 8.55. The normalized spacial score (nSPS) is 37.5. The van der Waals surface area contributed by atoms with Crippen LogP contribution in [0.4, 0.5) is 0 Å². The molecule has 0 aromatic rings. The van der Waals surface area contributed by atoms with Gasteiger partial charge in [-0.25, -0.2) is 4.57 Å². The van der Waals surface area contributed by atoms with E-state index in [2.05, 4.69) is 0 Å². The van der Waals surface area contributed by atoms with Crippen molar-refractivity contribution in [3.8, 4) is 0 Å². The van der Waals surface area contributed by atoms with Gasteiger partial charge in [0, 0.05) is 12.8 Å². The molecule has 2 rings (SSSR count). The molecule has 2 aliphatic rings. The van der Waals surface area contributed by atoms with Crippen LogP contribution in [0.25, 0.3) is 0 Å². The minimum Gasteiger partial charge on any atom is -0.393 e. The molecule has 0 aromatic carbocycles. The molecule has 2 saturated heterocycles. The molecule has 0 saturated carbocycles. The third kappa shape index (κ3) is 7.23. The highest BCUT2D eigenvalue weighted by atomic mass is 31.2. The van der Waals surface area contributed by atoms with Gasteiger partial charge in [-0.2, -0.15) is 0 Å². The Morgan fingerprint density at radius 3 is 2.41 bits per heavy atom. The molecule has 0 amide bonds. The third-order valence-electron chi connectivity index (χ3n) is 4.99. The van der Waals surface area contributed by atoms with Gasteiger partial charge in [0.25, 0.3) is 0 Å². The van der Waals surface area contributed by atoms with E-state index in [9.17, 15) is 14.6 Å². The van der Waals surface area contributed by atoms with E-state index >= 15 is 0 Å². The number of phosphoric acid groups is 1. The van der Waals surface area contributed by atoms with Crippen molar-refractivity contribution in [2.75, 3.05) is 19.8 Å². The Hall–Kier alpha value is -0.0900.